The number of carbonyl (C=O) groups is 1. The summed E-state index contributed by atoms with van der Waals surface area (Å²) in [5, 5.41) is 3.25. The summed E-state index contributed by atoms with van der Waals surface area (Å²) in [6.45, 7) is 3.29. The zero-order chi connectivity index (χ0) is 16.1. The number of para-hydroxylation sites is 1. The summed E-state index contributed by atoms with van der Waals surface area (Å²) in [7, 11) is 0. The minimum atomic E-state index is 0.0939. The van der Waals surface area contributed by atoms with Crippen LogP contribution in [0, 0.1) is 5.92 Å². The molecular weight excluding hydrogens is 284 g/mol. The molecule has 2 aromatic carbocycles. The molecule has 3 nitrogen and oxygen atoms in total. The molecule has 1 saturated carbocycles. The summed E-state index contributed by atoms with van der Waals surface area (Å²) in [6.07, 6.45) is 2.41. The molecule has 0 aliphatic heterocycles. The third-order valence-corrected chi connectivity index (χ3v) is 4.41. The lowest BCUT2D eigenvalue weighted by molar-refractivity contribution is -0.120. The van der Waals surface area contributed by atoms with E-state index in [0.29, 0.717) is 12.5 Å². The van der Waals surface area contributed by atoms with Crippen LogP contribution in [0.25, 0.3) is 0 Å². The number of hydrogen-bond acceptors (Lipinski definition) is 2. The number of carbonyl (C=O) groups excluding carboxylic acids is 1. The standard InChI is InChI=1S/C20H24N2O/c1-2-22(18-11-7-4-8-12-18)15-19(23)21-20(17-13-14-17)16-9-5-3-6-10-16/h3-12,17,20H,2,13-15H2,1H3,(H,21,23). The van der Waals surface area contributed by atoms with Crippen LogP contribution < -0.4 is 10.2 Å². The highest BCUT2D eigenvalue weighted by molar-refractivity contribution is 5.81. The molecule has 0 spiro atoms. The highest BCUT2D eigenvalue weighted by atomic mass is 16.2. The van der Waals surface area contributed by atoms with E-state index in [0.717, 1.165) is 12.2 Å². The van der Waals surface area contributed by atoms with Gasteiger partial charge in [-0.2, -0.15) is 0 Å². The maximum atomic E-state index is 12.5. The number of nitrogens with one attached hydrogen (secondary N) is 1. The quantitative estimate of drug-likeness (QED) is 0.844. The molecule has 2 aromatic rings. The van der Waals surface area contributed by atoms with E-state index in [1.54, 1.807) is 0 Å². The Hall–Kier alpha value is -2.29. The minimum absolute atomic E-state index is 0.0939. The van der Waals surface area contributed by atoms with Crippen LogP contribution in [0.4, 0.5) is 5.69 Å². The van der Waals surface area contributed by atoms with Gasteiger partial charge in [-0.1, -0.05) is 48.5 Å². The van der Waals surface area contributed by atoms with Crippen LogP contribution in [-0.4, -0.2) is 19.0 Å². The molecule has 3 heteroatoms. The van der Waals surface area contributed by atoms with Crippen molar-refractivity contribution in [2.45, 2.75) is 25.8 Å². The van der Waals surface area contributed by atoms with Crippen molar-refractivity contribution < 1.29 is 4.79 Å². The van der Waals surface area contributed by atoms with Gasteiger partial charge < -0.3 is 10.2 Å². The normalized spacial score (nSPS) is 15.0. The van der Waals surface area contributed by atoms with Crippen LogP contribution >= 0.6 is 0 Å². The van der Waals surface area contributed by atoms with Crippen molar-refractivity contribution in [3.8, 4) is 0 Å². The van der Waals surface area contributed by atoms with Crippen molar-refractivity contribution in [2.75, 3.05) is 18.0 Å². The lowest BCUT2D eigenvalue weighted by Gasteiger charge is -2.25. The largest absolute Gasteiger partial charge is 0.363 e. The summed E-state index contributed by atoms with van der Waals surface area (Å²) in [6, 6.07) is 20.6. The predicted octanol–water partition coefficient (Wildman–Crippen LogP) is 3.78. The summed E-state index contributed by atoms with van der Waals surface area (Å²) < 4.78 is 0. The maximum Gasteiger partial charge on any atom is 0.240 e. The van der Waals surface area contributed by atoms with Gasteiger partial charge in [0.2, 0.25) is 5.91 Å². The molecule has 1 fully saturated rings. The van der Waals surface area contributed by atoms with Crippen molar-refractivity contribution in [1.29, 1.82) is 0 Å². The van der Waals surface area contributed by atoms with Crippen molar-refractivity contribution in [1.82, 2.24) is 5.32 Å². The van der Waals surface area contributed by atoms with Gasteiger partial charge in [-0.3, -0.25) is 4.79 Å². The Labute approximate surface area is 138 Å². The molecule has 1 aliphatic rings. The number of nitrogens with zero attached hydrogens (tertiary/aromatic N) is 1. The van der Waals surface area contributed by atoms with Crippen LogP contribution in [0.2, 0.25) is 0 Å². The molecule has 1 N–H and O–H groups in total. The van der Waals surface area contributed by atoms with Crippen LogP contribution in [0.5, 0.6) is 0 Å². The van der Waals surface area contributed by atoms with Gasteiger partial charge in [0.15, 0.2) is 0 Å². The highest BCUT2D eigenvalue weighted by Gasteiger charge is 2.33. The molecule has 120 valence electrons. The van der Waals surface area contributed by atoms with E-state index in [1.165, 1.54) is 18.4 Å². The molecule has 1 aliphatic carbocycles. The Morgan fingerprint density at radius 3 is 2.26 bits per heavy atom. The number of benzene rings is 2. The van der Waals surface area contributed by atoms with Gasteiger partial charge in [-0.25, -0.2) is 0 Å². The van der Waals surface area contributed by atoms with Gasteiger partial charge in [0.05, 0.1) is 12.6 Å². The summed E-state index contributed by atoms with van der Waals surface area (Å²) >= 11 is 0. The van der Waals surface area contributed by atoms with Crippen molar-refractivity contribution in [3.05, 3.63) is 66.2 Å². The molecule has 3 rings (SSSR count). The Bertz CT molecular complexity index is 623. The summed E-state index contributed by atoms with van der Waals surface area (Å²) in [4.78, 5) is 14.7. The van der Waals surface area contributed by atoms with E-state index < -0.39 is 0 Å². The molecular formula is C20H24N2O. The minimum Gasteiger partial charge on any atom is -0.363 e. The zero-order valence-corrected chi connectivity index (χ0v) is 13.6. The fourth-order valence-electron chi connectivity index (χ4n) is 2.98. The monoisotopic (exact) mass is 308 g/mol. The fourth-order valence-corrected chi connectivity index (χ4v) is 2.98. The van der Waals surface area contributed by atoms with Gasteiger partial charge in [-0.05, 0) is 43.4 Å². The molecule has 0 bridgehead atoms. The van der Waals surface area contributed by atoms with Gasteiger partial charge in [0, 0.05) is 12.2 Å². The number of anilines is 1. The number of hydrogen-bond donors (Lipinski definition) is 1. The van der Waals surface area contributed by atoms with Crippen molar-refractivity contribution >= 4 is 11.6 Å². The highest BCUT2D eigenvalue weighted by Crippen LogP contribution is 2.40. The lowest BCUT2D eigenvalue weighted by Crippen LogP contribution is -2.39. The van der Waals surface area contributed by atoms with Gasteiger partial charge in [0.1, 0.15) is 0 Å². The van der Waals surface area contributed by atoms with E-state index >= 15 is 0 Å². The van der Waals surface area contributed by atoms with Crippen LogP contribution in [0.1, 0.15) is 31.4 Å². The average molecular weight is 308 g/mol. The van der Waals surface area contributed by atoms with Gasteiger partial charge in [0.25, 0.3) is 0 Å². The number of amides is 1. The van der Waals surface area contributed by atoms with E-state index in [4.69, 9.17) is 0 Å². The first-order chi connectivity index (χ1) is 11.3. The number of rotatable bonds is 7. The van der Waals surface area contributed by atoms with Crippen LogP contribution in [0.3, 0.4) is 0 Å². The second-order valence-corrected chi connectivity index (χ2v) is 6.14. The molecule has 23 heavy (non-hydrogen) atoms. The second kappa shape index (κ2) is 7.32. The van der Waals surface area contributed by atoms with E-state index in [1.807, 2.05) is 48.5 Å². The van der Waals surface area contributed by atoms with Gasteiger partial charge in [-0.15, -0.1) is 0 Å². The molecule has 0 heterocycles. The smallest absolute Gasteiger partial charge is 0.240 e. The van der Waals surface area contributed by atoms with Crippen molar-refractivity contribution in [3.63, 3.8) is 0 Å². The third-order valence-electron chi connectivity index (χ3n) is 4.41. The Kier molecular flexibility index (Phi) is 4.96. The number of likely N-dealkylation sites (N-methyl/N-ethyl adjacent to an activating group) is 1. The first-order valence-corrected chi connectivity index (χ1v) is 8.42. The van der Waals surface area contributed by atoms with Crippen LogP contribution in [-0.2, 0) is 4.79 Å². The Morgan fingerprint density at radius 2 is 1.70 bits per heavy atom. The average Bonchev–Trinajstić information content (AvgIpc) is 3.44. The van der Waals surface area contributed by atoms with Crippen LogP contribution in [0.15, 0.2) is 60.7 Å². The first kappa shape index (κ1) is 15.6. The molecule has 0 aromatic heterocycles. The SMILES string of the molecule is CCN(CC(=O)NC(c1ccccc1)C1CC1)c1ccccc1. The first-order valence-electron chi connectivity index (χ1n) is 8.42. The topological polar surface area (TPSA) is 32.3 Å². The predicted molar refractivity (Wildman–Crippen MR) is 94.4 cm³/mol. The Balaban J connectivity index is 1.65. The molecule has 0 saturated heterocycles. The van der Waals surface area contributed by atoms with Gasteiger partial charge >= 0.3 is 0 Å². The zero-order valence-electron chi connectivity index (χ0n) is 13.6. The molecule has 0 radical (unpaired) electrons. The van der Waals surface area contributed by atoms with E-state index in [2.05, 4.69) is 29.3 Å². The molecule has 1 atom stereocenters. The fraction of sp³-hybridized carbons (Fsp3) is 0.350. The lowest BCUT2D eigenvalue weighted by atomic mass is 10.0. The molecule has 1 unspecified atom stereocenters. The van der Waals surface area contributed by atoms with E-state index in [9.17, 15) is 4.79 Å². The second-order valence-electron chi connectivity index (χ2n) is 6.14. The Morgan fingerprint density at radius 1 is 1.09 bits per heavy atom. The van der Waals surface area contributed by atoms with E-state index in [-0.39, 0.29) is 11.9 Å². The molecule has 1 amide bonds. The van der Waals surface area contributed by atoms with Crippen molar-refractivity contribution in [2.24, 2.45) is 5.92 Å². The summed E-state index contributed by atoms with van der Waals surface area (Å²) in [5.41, 5.74) is 2.30. The maximum absolute atomic E-state index is 12.5. The third kappa shape index (κ3) is 4.13. The summed E-state index contributed by atoms with van der Waals surface area (Å²) in [5.74, 6) is 0.685.